The quantitative estimate of drug-likeness (QED) is 0.837. The smallest absolute Gasteiger partial charge is 0.260 e. The molecule has 0 radical (unpaired) electrons. The molecule has 1 amide bonds. The molecule has 1 aromatic heterocycles. The van der Waals surface area contributed by atoms with E-state index in [9.17, 15) is 9.18 Å². The molecule has 0 aliphatic heterocycles. The van der Waals surface area contributed by atoms with Crippen molar-refractivity contribution >= 4 is 11.9 Å². The van der Waals surface area contributed by atoms with E-state index in [2.05, 4.69) is 10.3 Å². The Morgan fingerprint density at radius 1 is 1.44 bits per heavy atom. The van der Waals surface area contributed by atoms with Crippen molar-refractivity contribution in [2.75, 3.05) is 5.32 Å². The fourth-order valence-corrected chi connectivity index (χ4v) is 1.30. The van der Waals surface area contributed by atoms with Gasteiger partial charge in [-0.25, -0.2) is 9.37 Å². The predicted octanol–water partition coefficient (Wildman–Crippen LogP) is 1.81. The highest BCUT2D eigenvalue weighted by Gasteiger charge is 2.12. The van der Waals surface area contributed by atoms with Gasteiger partial charge in [-0.15, -0.1) is 0 Å². The van der Waals surface area contributed by atoms with Crippen LogP contribution in [-0.4, -0.2) is 15.5 Å². The van der Waals surface area contributed by atoms with E-state index >= 15 is 0 Å². The third-order valence-electron chi connectivity index (χ3n) is 2.16. The predicted molar refractivity (Wildman–Crippen MR) is 57.6 cm³/mol. The Hall–Kier alpha value is -2.17. The van der Waals surface area contributed by atoms with Crippen LogP contribution in [0.4, 0.5) is 10.3 Å². The minimum Gasteiger partial charge on any atom is -0.320 e. The number of rotatable bonds is 2. The number of hydrogen-bond acceptors (Lipinski definition) is 2. The number of carbonyl (C=O) groups is 1. The van der Waals surface area contributed by atoms with Gasteiger partial charge in [-0.05, 0) is 12.1 Å². The standard InChI is InChI=1S/C11H10FN3O/c1-15-7-6-13-11(15)14-10(16)8-4-2-3-5-9(8)12/h2-7H,1H3,(H,13,14,16). The lowest BCUT2D eigenvalue weighted by Crippen LogP contribution is -2.16. The molecule has 1 N–H and O–H groups in total. The molecule has 0 unspecified atom stereocenters. The fraction of sp³-hybridized carbons (Fsp3) is 0.0909. The van der Waals surface area contributed by atoms with Gasteiger partial charge in [0.05, 0.1) is 5.56 Å². The third kappa shape index (κ3) is 1.93. The summed E-state index contributed by atoms with van der Waals surface area (Å²) in [4.78, 5) is 15.6. The molecule has 1 heterocycles. The number of carbonyl (C=O) groups excluding carboxylic acids is 1. The van der Waals surface area contributed by atoms with Crippen LogP contribution in [0.3, 0.4) is 0 Å². The Kier molecular flexibility index (Phi) is 2.68. The molecule has 1 aromatic carbocycles. The van der Waals surface area contributed by atoms with Gasteiger partial charge in [0.2, 0.25) is 5.95 Å². The Morgan fingerprint density at radius 2 is 2.19 bits per heavy atom. The average molecular weight is 219 g/mol. The fourth-order valence-electron chi connectivity index (χ4n) is 1.30. The highest BCUT2D eigenvalue weighted by Crippen LogP contribution is 2.09. The maximum absolute atomic E-state index is 13.3. The molecule has 2 aromatic rings. The van der Waals surface area contributed by atoms with Gasteiger partial charge in [-0.2, -0.15) is 0 Å². The first-order valence-corrected chi connectivity index (χ1v) is 4.71. The molecule has 0 bridgehead atoms. The van der Waals surface area contributed by atoms with E-state index in [1.165, 1.54) is 18.2 Å². The summed E-state index contributed by atoms with van der Waals surface area (Å²) < 4.78 is 14.9. The van der Waals surface area contributed by atoms with Crippen molar-refractivity contribution in [3.8, 4) is 0 Å². The molecular formula is C11H10FN3O. The van der Waals surface area contributed by atoms with Crippen LogP contribution in [0.15, 0.2) is 36.7 Å². The van der Waals surface area contributed by atoms with Crippen molar-refractivity contribution in [1.29, 1.82) is 0 Å². The zero-order chi connectivity index (χ0) is 11.5. The number of amides is 1. The molecule has 0 aliphatic rings. The van der Waals surface area contributed by atoms with Gasteiger partial charge in [0, 0.05) is 19.4 Å². The Bertz CT molecular complexity index is 521. The van der Waals surface area contributed by atoms with Gasteiger partial charge in [0.15, 0.2) is 0 Å². The number of imidazole rings is 1. The van der Waals surface area contributed by atoms with Crippen molar-refractivity contribution in [3.63, 3.8) is 0 Å². The van der Waals surface area contributed by atoms with Gasteiger partial charge in [0.25, 0.3) is 5.91 Å². The van der Waals surface area contributed by atoms with Crippen molar-refractivity contribution < 1.29 is 9.18 Å². The number of benzene rings is 1. The van der Waals surface area contributed by atoms with Crippen molar-refractivity contribution in [1.82, 2.24) is 9.55 Å². The van der Waals surface area contributed by atoms with Crippen LogP contribution in [0.25, 0.3) is 0 Å². The molecule has 0 spiro atoms. The molecule has 4 nitrogen and oxygen atoms in total. The largest absolute Gasteiger partial charge is 0.320 e. The summed E-state index contributed by atoms with van der Waals surface area (Å²) in [6.45, 7) is 0. The van der Waals surface area contributed by atoms with Crippen LogP contribution in [0, 0.1) is 5.82 Å². The summed E-state index contributed by atoms with van der Waals surface area (Å²) in [6.07, 6.45) is 3.24. The molecule has 0 atom stereocenters. The van der Waals surface area contributed by atoms with Crippen LogP contribution in [0.5, 0.6) is 0 Å². The van der Waals surface area contributed by atoms with E-state index < -0.39 is 11.7 Å². The van der Waals surface area contributed by atoms with Gasteiger partial charge in [-0.1, -0.05) is 12.1 Å². The van der Waals surface area contributed by atoms with Crippen molar-refractivity contribution in [2.45, 2.75) is 0 Å². The second-order valence-corrected chi connectivity index (χ2v) is 3.30. The van der Waals surface area contributed by atoms with E-state index in [1.807, 2.05) is 0 Å². The highest BCUT2D eigenvalue weighted by atomic mass is 19.1. The number of nitrogens with zero attached hydrogens (tertiary/aromatic N) is 2. The zero-order valence-electron chi connectivity index (χ0n) is 8.64. The average Bonchev–Trinajstić information content (AvgIpc) is 2.65. The van der Waals surface area contributed by atoms with Gasteiger partial charge in [0.1, 0.15) is 5.82 Å². The van der Waals surface area contributed by atoms with Crippen LogP contribution in [0.1, 0.15) is 10.4 Å². The first kappa shape index (κ1) is 10.4. The second kappa shape index (κ2) is 4.14. The lowest BCUT2D eigenvalue weighted by atomic mass is 10.2. The molecule has 0 saturated carbocycles. The Balaban J connectivity index is 2.22. The van der Waals surface area contributed by atoms with Crippen molar-refractivity contribution in [3.05, 3.63) is 48.0 Å². The van der Waals surface area contributed by atoms with E-state index in [1.54, 1.807) is 30.1 Å². The van der Waals surface area contributed by atoms with Gasteiger partial charge >= 0.3 is 0 Å². The summed E-state index contributed by atoms with van der Waals surface area (Å²) >= 11 is 0. The topological polar surface area (TPSA) is 46.9 Å². The number of hydrogen-bond donors (Lipinski definition) is 1. The Morgan fingerprint density at radius 3 is 2.81 bits per heavy atom. The van der Waals surface area contributed by atoms with Crippen LogP contribution in [-0.2, 0) is 7.05 Å². The molecule has 0 aliphatic carbocycles. The summed E-state index contributed by atoms with van der Waals surface area (Å²) in [6, 6.07) is 5.81. The normalized spacial score (nSPS) is 10.1. The number of nitrogens with one attached hydrogen (secondary N) is 1. The summed E-state index contributed by atoms with van der Waals surface area (Å²) in [7, 11) is 1.74. The lowest BCUT2D eigenvalue weighted by molar-refractivity contribution is 0.102. The van der Waals surface area contributed by atoms with Crippen molar-refractivity contribution in [2.24, 2.45) is 7.05 Å². The minimum atomic E-state index is -0.547. The molecule has 0 fully saturated rings. The van der Waals surface area contributed by atoms with E-state index in [0.29, 0.717) is 5.95 Å². The number of aromatic nitrogens is 2. The number of anilines is 1. The molecule has 5 heteroatoms. The Labute approximate surface area is 91.7 Å². The molecule has 16 heavy (non-hydrogen) atoms. The number of halogens is 1. The highest BCUT2D eigenvalue weighted by molar-refractivity contribution is 6.03. The first-order chi connectivity index (χ1) is 7.68. The van der Waals surface area contributed by atoms with E-state index in [4.69, 9.17) is 0 Å². The van der Waals surface area contributed by atoms with Crippen LogP contribution >= 0.6 is 0 Å². The molecular weight excluding hydrogens is 209 g/mol. The summed E-state index contributed by atoms with van der Waals surface area (Å²) in [5.74, 6) is -0.671. The van der Waals surface area contributed by atoms with Gasteiger partial charge < -0.3 is 4.57 Å². The maximum atomic E-state index is 13.3. The van der Waals surface area contributed by atoms with Gasteiger partial charge in [-0.3, -0.25) is 10.1 Å². The van der Waals surface area contributed by atoms with Crippen LogP contribution in [0.2, 0.25) is 0 Å². The van der Waals surface area contributed by atoms with Crippen LogP contribution < -0.4 is 5.32 Å². The second-order valence-electron chi connectivity index (χ2n) is 3.30. The minimum absolute atomic E-state index is 0.00509. The molecule has 82 valence electrons. The third-order valence-corrected chi connectivity index (χ3v) is 2.16. The summed E-state index contributed by atoms with van der Waals surface area (Å²) in [5, 5.41) is 2.52. The maximum Gasteiger partial charge on any atom is 0.260 e. The zero-order valence-corrected chi connectivity index (χ0v) is 8.64. The summed E-state index contributed by atoms with van der Waals surface area (Å²) in [5.41, 5.74) is 0.00509. The molecule has 2 rings (SSSR count). The lowest BCUT2D eigenvalue weighted by Gasteiger charge is -2.05. The number of aryl methyl sites for hydroxylation is 1. The monoisotopic (exact) mass is 219 g/mol. The van der Waals surface area contributed by atoms with E-state index in [-0.39, 0.29) is 5.56 Å². The first-order valence-electron chi connectivity index (χ1n) is 4.71. The SMILES string of the molecule is Cn1ccnc1NC(=O)c1ccccc1F. The molecule has 0 saturated heterocycles. The van der Waals surface area contributed by atoms with E-state index in [0.717, 1.165) is 0 Å².